The van der Waals surface area contributed by atoms with Crippen LogP contribution >= 0.6 is 0 Å². The number of hydrogen-bond acceptors (Lipinski definition) is 6. The van der Waals surface area contributed by atoms with Crippen LogP contribution in [0.15, 0.2) is 52.1 Å². The van der Waals surface area contributed by atoms with Crippen molar-refractivity contribution in [1.82, 2.24) is 9.55 Å². The van der Waals surface area contributed by atoms with Crippen LogP contribution in [0.25, 0.3) is 0 Å². The molecule has 2 aromatic rings. The fraction of sp³-hybridized carbons (Fsp3) is 0.417. The summed E-state index contributed by atoms with van der Waals surface area (Å²) in [6, 6.07) is 9.16. The van der Waals surface area contributed by atoms with E-state index in [-0.39, 0.29) is 36.4 Å². The van der Waals surface area contributed by atoms with Crippen LogP contribution in [0.4, 0.5) is 11.5 Å². The Kier molecular flexibility index (Phi) is 7.87. The quantitative estimate of drug-likeness (QED) is 0.464. The van der Waals surface area contributed by atoms with Crippen LogP contribution in [0.3, 0.4) is 0 Å². The normalized spacial score (nSPS) is 15.4. The van der Waals surface area contributed by atoms with Crippen LogP contribution in [-0.2, 0) is 20.9 Å². The van der Waals surface area contributed by atoms with Gasteiger partial charge < -0.3 is 15.4 Å². The van der Waals surface area contributed by atoms with E-state index in [0.717, 1.165) is 12.0 Å². The van der Waals surface area contributed by atoms with Crippen molar-refractivity contribution >= 4 is 23.4 Å². The number of H-pyrrole nitrogens is 1. The molecule has 0 fully saturated rings. The number of anilines is 2. The van der Waals surface area contributed by atoms with Gasteiger partial charge in [-0.1, -0.05) is 56.3 Å². The molecule has 1 aliphatic rings. The molecule has 1 atom stereocenters. The highest BCUT2D eigenvalue weighted by molar-refractivity contribution is 5.97. The zero-order chi connectivity index (χ0) is 24.0. The summed E-state index contributed by atoms with van der Waals surface area (Å²) in [5, 5.41) is 0. The minimum Gasteiger partial charge on any atom is -0.455 e. The molecule has 0 radical (unpaired) electrons. The number of carbonyl (C=O) groups excluding carboxylic acids is 2. The van der Waals surface area contributed by atoms with Gasteiger partial charge in [-0.15, -0.1) is 0 Å². The fourth-order valence-corrected chi connectivity index (χ4v) is 3.78. The smallest absolute Gasteiger partial charge is 0.330 e. The predicted octanol–water partition coefficient (Wildman–Crippen LogP) is 2.06. The van der Waals surface area contributed by atoms with Crippen molar-refractivity contribution in [2.24, 2.45) is 11.8 Å². The Morgan fingerprint density at radius 1 is 1.21 bits per heavy atom. The minimum atomic E-state index is -0.764. The molecule has 1 amide bonds. The third-order valence-corrected chi connectivity index (χ3v) is 5.46. The molecule has 0 aliphatic heterocycles. The van der Waals surface area contributed by atoms with E-state index < -0.39 is 29.7 Å². The molecule has 176 valence electrons. The monoisotopic (exact) mass is 454 g/mol. The second-order valence-electron chi connectivity index (χ2n) is 8.55. The zero-order valence-corrected chi connectivity index (χ0v) is 19.0. The Hall–Kier alpha value is -3.62. The van der Waals surface area contributed by atoms with Gasteiger partial charge in [0.05, 0.1) is 12.5 Å². The van der Waals surface area contributed by atoms with Crippen LogP contribution < -0.4 is 21.9 Å². The van der Waals surface area contributed by atoms with Crippen LogP contribution in [0.1, 0.15) is 38.7 Å². The van der Waals surface area contributed by atoms with Crippen molar-refractivity contribution in [2.45, 2.75) is 39.7 Å². The maximum atomic E-state index is 13.1. The van der Waals surface area contributed by atoms with Gasteiger partial charge >= 0.3 is 11.7 Å². The molecule has 1 heterocycles. The Balaban J connectivity index is 1.88. The van der Waals surface area contributed by atoms with Crippen molar-refractivity contribution in [3.63, 3.8) is 0 Å². The largest absolute Gasteiger partial charge is 0.455 e. The topological polar surface area (TPSA) is 127 Å². The molecule has 1 aromatic carbocycles. The molecule has 1 aliphatic carbocycles. The molecule has 9 heteroatoms. The first-order valence-electron chi connectivity index (χ1n) is 11.1. The standard InChI is InChI=1S/C24H30N4O5/c1-16(2)13-27(19(29)15-33-23(31)18-11-7-4-8-12-18)20-21(25)28(24(32)26-22(20)30)14-17-9-5-3-6-10-17/h3-7,9-10,16,18H,8,11-15,25H2,1-2H3,(H,26,30,32). The molecule has 33 heavy (non-hydrogen) atoms. The molecule has 1 unspecified atom stereocenters. The van der Waals surface area contributed by atoms with Gasteiger partial charge in [0.25, 0.3) is 11.5 Å². The lowest BCUT2D eigenvalue weighted by Crippen LogP contribution is -2.44. The third kappa shape index (κ3) is 6.00. The summed E-state index contributed by atoms with van der Waals surface area (Å²) < 4.78 is 6.49. The Bertz CT molecular complexity index is 1130. The number of nitrogens with one attached hydrogen (secondary N) is 1. The van der Waals surface area contributed by atoms with Crippen molar-refractivity contribution in [1.29, 1.82) is 0 Å². The average molecular weight is 455 g/mol. The van der Waals surface area contributed by atoms with Crippen LogP contribution in [0.5, 0.6) is 0 Å². The average Bonchev–Trinajstić information content (AvgIpc) is 2.80. The van der Waals surface area contributed by atoms with Gasteiger partial charge in [0.15, 0.2) is 12.3 Å². The second kappa shape index (κ2) is 10.8. The second-order valence-corrected chi connectivity index (χ2v) is 8.55. The molecule has 3 rings (SSSR count). The molecule has 0 saturated carbocycles. The maximum Gasteiger partial charge on any atom is 0.330 e. The van der Waals surface area contributed by atoms with Gasteiger partial charge in [0, 0.05) is 6.54 Å². The van der Waals surface area contributed by atoms with Gasteiger partial charge in [-0.2, -0.15) is 0 Å². The number of allylic oxidation sites excluding steroid dienone is 2. The highest BCUT2D eigenvalue weighted by Gasteiger charge is 2.27. The number of nitrogens with two attached hydrogens (primary N) is 1. The third-order valence-electron chi connectivity index (χ3n) is 5.46. The van der Waals surface area contributed by atoms with Crippen molar-refractivity contribution in [2.75, 3.05) is 23.8 Å². The van der Waals surface area contributed by atoms with E-state index in [2.05, 4.69) is 4.98 Å². The van der Waals surface area contributed by atoms with Crippen molar-refractivity contribution in [3.8, 4) is 0 Å². The number of aromatic amines is 1. The summed E-state index contributed by atoms with van der Waals surface area (Å²) >= 11 is 0. The van der Waals surface area contributed by atoms with Crippen LogP contribution in [0, 0.1) is 11.8 Å². The lowest BCUT2D eigenvalue weighted by atomic mass is 9.95. The molecule has 0 saturated heterocycles. The number of amides is 1. The number of esters is 1. The number of rotatable bonds is 8. The predicted molar refractivity (Wildman–Crippen MR) is 126 cm³/mol. The van der Waals surface area contributed by atoms with E-state index in [9.17, 15) is 19.2 Å². The van der Waals surface area contributed by atoms with Crippen LogP contribution in [-0.4, -0.2) is 34.6 Å². The Morgan fingerprint density at radius 2 is 1.94 bits per heavy atom. The highest BCUT2D eigenvalue weighted by atomic mass is 16.5. The first-order valence-corrected chi connectivity index (χ1v) is 11.1. The summed E-state index contributed by atoms with van der Waals surface area (Å²) in [4.78, 5) is 54.1. The molecular formula is C24H30N4O5. The first kappa shape index (κ1) is 24.0. The molecular weight excluding hydrogens is 424 g/mol. The number of carbonyl (C=O) groups is 2. The van der Waals surface area contributed by atoms with Crippen molar-refractivity contribution < 1.29 is 14.3 Å². The summed E-state index contributed by atoms with van der Waals surface area (Å²) in [7, 11) is 0. The maximum absolute atomic E-state index is 13.1. The first-order chi connectivity index (χ1) is 15.8. The number of benzene rings is 1. The number of ether oxygens (including phenoxy) is 1. The van der Waals surface area contributed by atoms with Gasteiger partial charge in [0.1, 0.15) is 5.82 Å². The number of nitrogens with zero attached hydrogens (tertiary/aromatic N) is 2. The number of nitrogen functional groups attached to an aromatic ring is 1. The van der Waals surface area contributed by atoms with Gasteiger partial charge in [-0.3, -0.25) is 23.9 Å². The summed E-state index contributed by atoms with van der Waals surface area (Å²) in [6.07, 6.45) is 6.00. The Morgan fingerprint density at radius 3 is 2.58 bits per heavy atom. The number of hydrogen-bond donors (Lipinski definition) is 2. The lowest BCUT2D eigenvalue weighted by Gasteiger charge is -2.26. The fourth-order valence-electron chi connectivity index (χ4n) is 3.78. The lowest BCUT2D eigenvalue weighted by molar-refractivity contribution is -0.152. The molecule has 9 nitrogen and oxygen atoms in total. The van der Waals surface area contributed by atoms with E-state index in [1.807, 2.05) is 56.3 Å². The molecule has 0 bridgehead atoms. The molecule has 3 N–H and O–H groups in total. The Labute approximate surface area is 191 Å². The molecule has 0 spiro atoms. The van der Waals surface area contributed by atoms with E-state index in [4.69, 9.17) is 10.5 Å². The van der Waals surface area contributed by atoms with Crippen LogP contribution in [0.2, 0.25) is 0 Å². The van der Waals surface area contributed by atoms with Gasteiger partial charge in [-0.05, 0) is 30.7 Å². The summed E-state index contributed by atoms with van der Waals surface area (Å²) in [5.41, 5.74) is 5.50. The summed E-state index contributed by atoms with van der Waals surface area (Å²) in [5.74, 6) is -1.42. The SMILES string of the molecule is CC(C)CN(C(=O)COC(=O)C1CC=CCC1)c1c(N)n(Cc2ccccc2)c(=O)[nH]c1=O. The van der Waals surface area contributed by atoms with E-state index in [0.29, 0.717) is 12.8 Å². The van der Waals surface area contributed by atoms with Gasteiger partial charge in [-0.25, -0.2) is 4.79 Å². The van der Waals surface area contributed by atoms with Crippen molar-refractivity contribution in [3.05, 3.63) is 68.9 Å². The van der Waals surface area contributed by atoms with Gasteiger partial charge in [0.2, 0.25) is 0 Å². The van der Waals surface area contributed by atoms with E-state index in [1.165, 1.54) is 9.47 Å². The zero-order valence-electron chi connectivity index (χ0n) is 19.0. The summed E-state index contributed by atoms with van der Waals surface area (Å²) in [6.45, 7) is 3.54. The minimum absolute atomic E-state index is 0.0126. The van der Waals surface area contributed by atoms with E-state index in [1.54, 1.807) is 0 Å². The highest BCUT2D eigenvalue weighted by Crippen LogP contribution is 2.21. The molecule has 1 aromatic heterocycles. The number of aromatic nitrogens is 2. The van der Waals surface area contributed by atoms with E-state index >= 15 is 0 Å².